The van der Waals surface area contributed by atoms with Crippen LogP contribution in [0.2, 0.25) is 0 Å². The number of nitrogens with zero attached hydrogens (tertiary/aromatic N) is 1. The Morgan fingerprint density at radius 1 is 1.06 bits per heavy atom. The number of ether oxygens (including phenoxy) is 1. The van der Waals surface area contributed by atoms with Gasteiger partial charge in [-0.25, -0.2) is 0 Å². The molecule has 1 aromatic carbocycles. The van der Waals surface area contributed by atoms with Crippen molar-refractivity contribution < 1.29 is 28.3 Å². The Balaban J connectivity index is 1.83. The van der Waals surface area contributed by atoms with Crippen molar-refractivity contribution in [3.05, 3.63) is 60.1 Å². The molecule has 1 aromatic heterocycles. The van der Waals surface area contributed by atoms with Crippen molar-refractivity contribution in [2.45, 2.75) is 51.1 Å². The minimum absolute atomic E-state index is 0.0191. The van der Waals surface area contributed by atoms with Crippen LogP contribution in [-0.2, 0) is 19.1 Å². The second-order valence-electron chi connectivity index (χ2n) is 8.14. The number of hydrogen-bond donors (Lipinski definition) is 2. The van der Waals surface area contributed by atoms with Crippen molar-refractivity contribution in [1.82, 2.24) is 15.5 Å². The number of esters is 1. The summed E-state index contributed by atoms with van der Waals surface area (Å²) in [6, 6.07) is 10.8. The molecule has 9 heteroatoms. The molecule has 1 fully saturated rings. The fourth-order valence-corrected chi connectivity index (χ4v) is 4.06. The van der Waals surface area contributed by atoms with E-state index in [1.54, 1.807) is 43.3 Å². The largest absolute Gasteiger partial charge is 0.465 e. The maximum Gasteiger partial charge on any atom is 0.325 e. The van der Waals surface area contributed by atoms with Crippen molar-refractivity contribution in [3.8, 4) is 0 Å². The molecule has 182 valence electrons. The SMILES string of the molecule is CCOC(=O)CN(C(=O)CNC(=O)c1ccco1)[C@@H](C(=O)NC1CCCCC1)c1ccccc1. The molecule has 34 heavy (non-hydrogen) atoms. The summed E-state index contributed by atoms with van der Waals surface area (Å²) in [6.07, 6.45) is 6.30. The van der Waals surface area contributed by atoms with Crippen molar-refractivity contribution in [2.75, 3.05) is 19.7 Å². The zero-order valence-corrected chi connectivity index (χ0v) is 19.3. The van der Waals surface area contributed by atoms with Crippen LogP contribution >= 0.6 is 0 Å². The number of rotatable bonds is 10. The Morgan fingerprint density at radius 3 is 2.44 bits per heavy atom. The lowest BCUT2D eigenvalue weighted by molar-refractivity contribution is -0.152. The first-order valence-corrected chi connectivity index (χ1v) is 11.6. The van der Waals surface area contributed by atoms with E-state index in [4.69, 9.17) is 9.15 Å². The van der Waals surface area contributed by atoms with Gasteiger partial charge in [-0.3, -0.25) is 19.2 Å². The van der Waals surface area contributed by atoms with Crippen molar-refractivity contribution in [2.24, 2.45) is 0 Å². The average molecular weight is 470 g/mol. The molecule has 0 saturated heterocycles. The molecule has 1 heterocycles. The Morgan fingerprint density at radius 2 is 1.79 bits per heavy atom. The predicted octanol–water partition coefficient (Wildman–Crippen LogP) is 2.59. The van der Waals surface area contributed by atoms with E-state index in [9.17, 15) is 19.2 Å². The summed E-state index contributed by atoms with van der Waals surface area (Å²) >= 11 is 0. The highest BCUT2D eigenvalue weighted by Crippen LogP contribution is 2.24. The minimum Gasteiger partial charge on any atom is -0.465 e. The predicted molar refractivity (Wildman–Crippen MR) is 124 cm³/mol. The van der Waals surface area contributed by atoms with E-state index < -0.39 is 36.9 Å². The number of hydrogen-bond acceptors (Lipinski definition) is 6. The fraction of sp³-hybridized carbons (Fsp3) is 0.440. The number of nitrogens with one attached hydrogen (secondary N) is 2. The molecule has 3 amide bonds. The van der Waals surface area contributed by atoms with Crippen molar-refractivity contribution >= 4 is 23.7 Å². The van der Waals surface area contributed by atoms with Crippen LogP contribution in [0.1, 0.15) is 61.2 Å². The van der Waals surface area contributed by atoms with E-state index in [1.165, 1.54) is 12.3 Å². The Hall–Kier alpha value is -3.62. The van der Waals surface area contributed by atoms with Crippen LogP contribution in [0.5, 0.6) is 0 Å². The van der Waals surface area contributed by atoms with Gasteiger partial charge in [0.05, 0.1) is 19.4 Å². The smallest absolute Gasteiger partial charge is 0.325 e. The molecule has 3 rings (SSSR count). The highest BCUT2D eigenvalue weighted by atomic mass is 16.5. The summed E-state index contributed by atoms with van der Waals surface area (Å²) < 4.78 is 10.1. The van der Waals surface area contributed by atoms with Crippen LogP contribution < -0.4 is 10.6 Å². The Labute approximate surface area is 198 Å². The van der Waals surface area contributed by atoms with Crippen LogP contribution in [0.4, 0.5) is 0 Å². The molecule has 9 nitrogen and oxygen atoms in total. The van der Waals surface area contributed by atoms with Gasteiger partial charge in [-0.05, 0) is 37.5 Å². The maximum absolute atomic E-state index is 13.5. The second kappa shape index (κ2) is 12.6. The zero-order chi connectivity index (χ0) is 24.3. The van der Waals surface area contributed by atoms with Gasteiger partial charge in [0.15, 0.2) is 5.76 Å². The van der Waals surface area contributed by atoms with Crippen LogP contribution in [0.3, 0.4) is 0 Å². The lowest BCUT2D eigenvalue weighted by Gasteiger charge is -2.32. The number of carbonyl (C=O) groups is 4. The normalized spacial score (nSPS) is 14.6. The van der Waals surface area contributed by atoms with Crippen LogP contribution in [0.25, 0.3) is 0 Å². The third-order valence-corrected chi connectivity index (χ3v) is 5.70. The summed E-state index contributed by atoms with van der Waals surface area (Å²) in [4.78, 5) is 52.5. The quantitative estimate of drug-likeness (QED) is 0.517. The topological polar surface area (TPSA) is 118 Å². The highest BCUT2D eigenvalue weighted by Gasteiger charge is 2.34. The lowest BCUT2D eigenvalue weighted by atomic mass is 9.94. The molecule has 0 bridgehead atoms. The fourth-order valence-electron chi connectivity index (χ4n) is 4.06. The first-order chi connectivity index (χ1) is 16.5. The molecule has 0 spiro atoms. The first kappa shape index (κ1) is 25.0. The van der Waals surface area contributed by atoms with E-state index in [2.05, 4.69) is 10.6 Å². The van der Waals surface area contributed by atoms with Gasteiger partial charge in [-0.1, -0.05) is 49.6 Å². The third kappa shape index (κ3) is 6.94. The number of furan rings is 1. The molecule has 1 saturated carbocycles. The first-order valence-electron chi connectivity index (χ1n) is 11.6. The van der Waals surface area contributed by atoms with Crippen LogP contribution in [-0.4, -0.2) is 54.3 Å². The van der Waals surface area contributed by atoms with Gasteiger partial charge in [0.25, 0.3) is 5.91 Å². The van der Waals surface area contributed by atoms with Gasteiger partial charge in [-0.15, -0.1) is 0 Å². The van der Waals surface area contributed by atoms with E-state index in [1.807, 2.05) is 0 Å². The van der Waals surface area contributed by atoms with Gasteiger partial charge in [0, 0.05) is 6.04 Å². The molecule has 1 atom stereocenters. The lowest BCUT2D eigenvalue weighted by Crippen LogP contribution is -2.51. The molecule has 2 N–H and O–H groups in total. The molecular formula is C25H31N3O6. The molecular weight excluding hydrogens is 438 g/mol. The van der Waals surface area contributed by atoms with Gasteiger partial charge in [0.2, 0.25) is 11.8 Å². The highest BCUT2D eigenvalue weighted by molar-refractivity contribution is 5.96. The number of carbonyl (C=O) groups excluding carboxylic acids is 4. The Kier molecular flexibility index (Phi) is 9.25. The summed E-state index contributed by atoms with van der Waals surface area (Å²) in [6.45, 7) is 0.957. The molecule has 1 aliphatic carbocycles. The summed E-state index contributed by atoms with van der Waals surface area (Å²) in [5, 5.41) is 5.55. The second-order valence-corrected chi connectivity index (χ2v) is 8.14. The van der Waals surface area contributed by atoms with Crippen molar-refractivity contribution in [3.63, 3.8) is 0 Å². The number of amides is 3. The van der Waals surface area contributed by atoms with Crippen LogP contribution in [0.15, 0.2) is 53.1 Å². The number of benzene rings is 1. The van der Waals surface area contributed by atoms with Crippen LogP contribution in [0, 0.1) is 0 Å². The molecule has 0 unspecified atom stereocenters. The minimum atomic E-state index is -1.06. The van der Waals surface area contributed by atoms with E-state index in [-0.39, 0.29) is 24.3 Å². The summed E-state index contributed by atoms with van der Waals surface area (Å²) in [5.74, 6) is -2.12. The molecule has 2 aromatic rings. The monoisotopic (exact) mass is 469 g/mol. The third-order valence-electron chi connectivity index (χ3n) is 5.70. The molecule has 1 aliphatic rings. The van der Waals surface area contributed by atoms with Gasteiger partial charge in [-0.2, -0.15) is 0 Å². The van der Waals surface area contributed by atoms with Gasteiger partial charge in [0.1, 0.15) is 12.6 Å². The summed E-state index contributed by atoms with van der Waals surface area (Å²) in [7, 11) is 0. The van der Waals surface area contributed by atoms with E-state index in [0.717, 1.165) is 37.0 Å². The Bertz CT molecular complexity index is 954. The zero-order valence-electron chi connectivity index (χ0n) is 19.3. The summed E-state index contributed by atoms with van der Waals surface area (Å²) in [5.41, 5.74) is 0.561. The maximum atomic E-state index is 13.5. The molecule has 0 radical (unpaired) electrons. The molecule has 0 aliphatic heterocycles. The average Bonchev–Trinajstić information content (AvgIpc) is 3.39. The standard InChI is InChI=1S/C25H31N3O6/c1-2-33-22(30)17-28(21(29)16-26-24(31)20-14-9-15-34-20)23(18-10-5-3-6-11-18)25(32)27-19-12-7-4-8-13-19/h3,5-6,9-11,14-15,19,23H,2,4,7-8,12-13,16-17H2,1H3,(H,26,31)(H,27,32)/t23-/m1/s1. The van der Waals surface area contributed by atoms with Crippen molar-refractivity contribution in [1.29, 1.82) is 0 Å². The van der Waals surface area contributed by atoms with Gasteiger partial charge >= 0.3 is 5.97 Å². The van der Waals surface area contributed by atoms with Gasteiger partial charge < -0.3 is 24.7 Å². The van der Waals surface area contributed by atoms with E-state index in [0.29, 0.717) is 5.56 Å². The van der Waals surface area contributed by atoms with E-state index >= 15 is 0 Å².